The molecular weight excluding hydrogens is 428 g/mol. The van der Waals surface area contributed by atoms with E-state index in [2.05, 4.69) is 64.5 Å². The minimum absolute atomic E-state index is 0.168. The maximum atomic E-state index is 12.5. The third kappa shape index (κ3) is 5.98. The number of carbonyl (C=O) groups excluding carboxylic acids is 2. The topological polar surface area (TPSA) is 49.9 Å². The first-order chi connectivity index (χ1) is 14.4. The van der Waals surface area contributed by atoms with Gasteiger partial charge in [-0.3, -0.25) is 9.59 Å². The van der Waals surface area contributed by atoms with Crippen molar-refractivity contribution >= 4 is 37.3 Å². The summed E-state index contributed by atoms with van der Waals surface area (Å²) in [7, 11) is -1.78. The summed E-state index contributed by atoms with van der Waals surface area (Å²) in [4.78, 5) is 28.7. The quantitative estimate of drug-likeness (QED) is 0.237. The number of fused-ring (bicyclic) bond motifs is 1. The second kappa shape index (κ2) is 10.3. The molecule has 1 aliphatic heterocycles. The van der Waals surface area contributed by atoms with Crippen molar-refractivity contribution < 1.29 is 14.0 Å². The minimum atomic E-state index is -1.78. The maximum Gasteiger partial charge on any atom is 0.299 e. The Morgan fingerprint density at radius 1 is 1.16 bits per heavy atom. The van der Waals surface area contributed by atoms with Crippen LogP contribution < -0.4 is 4.90 Å². The number of amides is 1. The lowest BCUT2D eigenvalue weighted by atomic mass is 10.1. The number of nitrogens with zero attached hydrogens (tertiary/aromatic N) is 2. The van der Waals surface area contributed by atoms with E-state index in [1.807, 2.05) is 0 Å². The van der Waals surface area contributed by atoms with E-state index in [0.717, 1.165) is 13.1 Å². The van der Waals surface area contributed by atoms with E-state index in [1.54, 1.807) is 12.1 Å². The van der Waals surface area contributed by atoms with Gasteiger partial charge in [0, 0.05) is 31.7 Å². The lowest BCUT2D eigenvalue weighted by molar-refractivity contribution is -0.114. The highest BCUT2D eigenvalue weighted by atomic mass is 35.5. The van der Waals surface area contributed by atoms with Gasteiger partial charge in [0.1, 0.15) is 0 Å². The van der Waals surface area contributed by atoms with Gasteiger partial charge in [0.05, 0.1) is 16.3 Å². The maximum absolute atomic E-state index is 12.5. The number of hydrogen-bond donors (Lipinski definition) is 0. The van der Waals surface area contributed by atoms with Gasteiger partial charge in [-0.1, -0.05) is 58.1 Å². The van der Waals surface area contributed by atoms with Crippen LogP contribution in [0.1, 0.15) is 57.0 Å². The fourth-order valence-corrected chi connectivity index (χ4v) is 4.53. The Morgan fingerprint density at radius 3 is 2.39 bits per heavy atom. The van der Waals surface area contributed by atoms with Crippen molar-refractivity contribution in [2.75, 3.05) is 37.7 Å². The molecule has 0 saturated heterocycles. The number of carbonyl (C=O) groups is 2. The fraction of sp³-hybridized carbons (Fsp3) is 0.583. The van der Waals surface area contributed by atoms with E-state index in [1.165, 1.54) is 4.90 Å². The largest absolute Gasteiger partial charge is 0.416 e. The van der Waals surface area contributed by atoms with Gasteiger partial charge in [-0.2, -0.15) is 0 Å². The summed E-state index contributed by atoms with van der Waals surface area (Å²) in [5.41, 5.74) is 1.56. The normalized spacial score (nSPS) is 14.2. The Bertz CT molecular complexity index is 893. The van der Waals surface area contributed by atoms with Crippen molar-refractivity contribution in [3.63, 3.8) is 0 Å². The molecular formula is C24H35ClN2O3Si. The Hall–Kier alpha value is -1.65. The lowest BCUT2D eigenvalue weighted by Gasteiger charge is -2.35. The molecule has 0 bridgehead atoms. The van der Waals surface area contributed by atoms with Gasteiger partial charge in [0.15, 0.2) is 8.32 Å². The van der Waals surface area contributed by atoms with E-state index in [-0.39, 0.29) is 15.6 Å². The molecule has 7 heteroatoms. The van der Waals surface area contributed by atoms with Gasteiger partial charge in [-0.25, -0.2) is 0 Å². The van der Waals surface area contributed by atoms with Crippen LogP contribution >= 0.6 is 11.6 Å². The lowest BCUT2D eigenvalue weighted by Crippen LogP contribution is -2.40. The Kier molecular flexibility index (Phi) is 8.52. The molecule has 1 amide bonds. The summed E-state index contributed by atoms with van der Waals surface area (Å²) in [6.45, 7) is 18.8. The molecule has 0 fully saturated rings. The molecule has 0 atom stereocenters. The van der Waals surface area contributed by atoms with Crippen LogP contribution in [-0.4, -0.2) is 57.7 Å². The molecule has 1 aromatic carbocycles. The van der Waals surface area contributed by atoms with Crippen LogP contribution in [0.5, 0.6) is 0 Å². The van der Waals surface area contributed by atoms with Crippen molar-refractivity contribution in [2.45, 2.75) is 59.2 Å². The fourth-order valence-electron chi connectivity index (χ4n) is 3.18. The smallest absolute Gasteiger partial charge is 0.299 e. The number of Topliss-reactive ketones (excluding diaryl/α,β-unsaturated/α-hetero) is 1. The van der Waals surface area contributed by atoms with Gasteiger partial charge in [0.25, 0.3) is 11.7 Å². The molecule has 170 valence electrons. The van der Waals surface area contributed by atoms with Crippen molar-refractivity contribution in [1.82, 2.24) is 4.90 Å². The summed E-state index contributed by atoms with van der Waals surface area (Å²) in [5.74, 6) is 5.20. The summed E-state index contributed by atoms with van der Waals surface area (Å²) < 4.78 is 6.16. The van der Waals surface area contributed by atoms with Crippen molar-refractivity contribution in [3.8, 4) is 11.8 Å². The summed E-state index contributed by atoms with van der Waals surface area (Å²) >= 11 is 6.37. The highest BCUT2D eigenvalue weighted by Crippen LogP contribution is 2.37. The standard InChI is InChI=1S/C24H35ClN2O3Si/c1-8-26(9-2)13-14-27-20-17-18(16-19(25)21(20)22(28)23(27)29)12-10-11-15-30-31(6,7)24(3,4)5/h16-17H,8-9,11,13-15H2,1-7H3. The number of anilines is 1. The third-order valence-electron chi connectivity index (χ3n) is 6.29. The highest BCUT2D eigenvalue weighted by Gasteiger charge is 2.38. The molecule has 2 rings (SSSR count). The van der Waals surface area contributed by atoms with Crippen molar-refractivity contribution in [1.29, 1.82) is 0 Å². The molecule has 1 aliphatic rings. The highest BCUT2D eigenvalue weighted by molar-refractivity contribution is 6.74. The van der Waals surface area contributed by atoms with E-state index in [9.17, 15) is 9.59 Å². The number of hydrogen-bond acceptors (Lipinski definition) is 4. The molecule has 0 saturated carbocycles. The van der Waals surface area contributed by atoms with E-state index in [4.69, 9.17) is 16.0 Å². The number of likely N-dealkylation sites (N-methyl/N-ethyl adjacent to an activating group) is 1. The minimum Gasteiger partial charge on any atom is -0.416 e. The SMILES string of the molecule is CCN(CC)CCN1C(=O)C(=O)c2c(Cl)cc(C#CCCO[Si](C)(C)C(C)(C)C)cc21. The van der Waals surface area contributed by atoms with Gasteiger partial charge in [0.2, 0.25) is 0 Å². The molecule has 0 N–H and O–H groups in total. The molecule has 0 aromatic heterocycles. The first kappa shape index (κ1) is 25.6. The molecule has 0 unspecified atom stereocenters. The summed E-state index contributed by atoms with van der Waals surface area (Å²) in [6, 6.07) is 3.47. The van der Waals surface area contributed by atoms with Crippen LogP contribution in [0, 0.1) is 11.8 Å². The molecule has 31 heavy (non-hydrogen) atoms. The molecule has 0 aliphatic carbocycles. The zero-order valence-corrected chi connectivity index (χ0v) is 21.7. The van der Waals surface area contributed by atoms with Crippen LogP contribution in [-0.2, 0) is 9.22 Å². The van der Waals surface area contributed by atoms with Crippen LogP contribution in [0.25, 0.3) is 0 Å². The molecule has 0 spiro atoms. The van der Waals surface area contributed by atoms with Gasteiger partial charge in [-0.05, 0) is 43.4 Å². The Balaban J connectivity index is 2.14. The predicted octanol–water partition coefficient (Wildman–Crippen LogP) is 4.97. The summed E-state index contributed by atoms with van der Waals surface area (Å²) in [6.07, 6.45) is 0.616. The second-order valence-corrected chi connectivity index (χ2v) is 14.5. The van der Waals surface area contributed by atoms with Gasteiger partial charge >= 0.3 is 0 Å². The first-order valence-electron chi connectivity index (χ1n) is 11.0. The van der Waals surface area contributed by atoms with Gasteiger partial charge in [-0.15, -0.1) is 0 Å². The Morgan fingerprint density at radius 2 is 1.81 bits per heavy atom. The average Bonchev–Trinajstić information content (AvgIpc) is 2.92. The number of halogens is 1. The van der Waals surface area contributed by atoms with Crippen LogP contribution in [0.15, 0.2) is 12.1 Å². The summed E-state index contributed by atoms with van der Waals surface area (Å²) in [5, 5.41) is 0.449. The third-order valence-corrected chi connectivity index (χ3v) is 11.1. The number of benzene rings is 1. The van der Waals surface area contributed by atoms with E-state index < -0.39 is 20.0 Å². The second-order valence-electron chi connectivity index (χ2n) is 9.33. The van der Waals surface area contributed by atoms with Crippen molar-refractivity contribution in [3.05, 3.63) is 28.3 Å². The zero-order chi connectivity index (χ0) is 23.4. The van der Waals surface area contributed by atoms with Gasteiger partial charge < -0.3 is 14.2 Å². The molecule has 5 nitrogen and oxygen atoms in total. The molecule has 1 aromatic rings. The Labute approximate surface area is 193 Å². The number of ketones is 1. The first-order valence-corrected chi connectivity index (χ1v) is 14.3. The number of rotatable bonds is 8. The zero-order valence-electron chi connectivity index (χ0n) is 19.9. The van der Waals surface area contributed by atoms with Crippen LogP contribution in [0.2, 0.25) is 23.2 Å². The molecule has 0 radical (unpaired) electrons. The van der Waals surface area contributed by atoms with Crippen molar-refractivity contribution in [2.24, 2.45) is 0 Å². The van der Waals surface area contributed by atoms with E-state index in [0.29, 0.717) is 37.4 Å². The average molecular weight is 463 g/mol. The van der Waals surface area contributed by atoms with E-state index >= 15 is 0 Å². The monoisotopic (exact) mass is 462 g/mol. The van der Waals surface area contributed by atoms with Crippen LogP contribution in [0.3, 0.4) is 0 Å². The van der Waals surface area contributed by atoms with Crippen LogP contribution in [0.4, 0.5) is 5.69 Å². The molecule has 1 heterocycles. The predicted molar refractivity (Wildman–Crippen MR) is 131 cm³/mol.